The molecule has 5 rings (SSSR count). The lowest BCUT2D eigenvalue weighted by molar-refractivity contribution is 0.187. The Hall–Kier alpha value is -3.55. The maximum Gasteiger partial charge on any atom is 0.332 e. The third-order valence-electron chi connectivity index (χ3n) is 6.60. The summed E-state index contributed by atoms with van der Waals surface area (Å²) in [6.07, 6.45) is 3.92. The summed E-state index contributed by atoms with van der Waals surface area (Å²) in [5.41, 5.74) is 7.25. The van der Waals surface area contributed by atoms with E-state index in [1.165, 1.54) is 0 Å². The molecule has 2 aromatic heterocycles. The fourth-order valence-electron chi connectivity index (χ4n) is 4.50. The fourth-order valence-corrected chi connectivity index (χ4v) is 5.79. The van der Waals surface area contributed by atoms with Crippen molar-refractivity contribution < 1.29 is 18.4 Å². The quantitative estimate of drug-likeness (QED) is 0.170. The van der Waals surface area contributed by atoms with Gasteiger partial charge in [0.1, 0.15) is 5.82 Å². The second-order valence-corrected chi connectivity index (χ2v) is 12.1. The zero-order valence-corrected chi connectivity index (χ0v) is 24.3. The highest BCUT2D eigenvalue weighted by molar-refractivity contribution is 7.53. The van der Waals surface area contributed by atoms with Gasteiger partial charge < -0.3 is 18.8 Å². The Bertz CT molecular complexity index is 1720. The van der Waals surface area contributed by atoms with E-state index in [-0.39, 0.29) is 12.3 Å². The van der Waals surface area contributed by atoms with Crippen LogP contribution in [0.2, 0.25) is 5.02 Å². The molecule has 0 saturated heterocycles. The van der Waals surface area contributed by atoms with Crippen molar-refractivity contribution in [2.24, 2.45) is 0 Å². The molecule has 0 radical (unpaired) electrons. The number of aromatic amines is 1. The van der Waals surface area contributed by atoms with Gasteiger partial charge in [-0.3, -0.25) is 4.57 Å². The van der Waals surface area contributed by atoms with Gasteiger partial charge in [-0.1, -0.05) is 42.8 Å². The van der Waals surface area contributed by atoms with E-state index in [2.05, 4.69) is 15.2 Å². The maximum atomic E-state index is 12.3. The van der Waals surface area contributed by atoms with Crippen molar-refractivity contribution >= 4 is 36.3 Å². The molecule has 2 unspecified atom stereocenters. The summed E-state index contributed by atoms with van der Waals surface area (Å²) in [6.45, 7) is 7.76. The molecule has 0 bridgehead atoms. The van der Waals surface area contributed by atoms with Gasteiger partial charge in [-0.15, -0.1) is 10.2 Å². The molecule has 0 aliphatic heterocycles. The van der Waals surface area contributed by atoms with E-state index in [1.54, 1.807) is 25.1 Å². The van der Waals surface area contributed by atoms with Crippen molar-refractivity contribution in [2.75, 3.05) is 6.16 Å². The van der Waals surface area contributed by atoms with Crippen LogP contribution >= 0.6 is 19.2 Å². The largest absolute Gasteiger partial charge is 0.416 e. The van der Waals surface area contributed by atoms with Crippen LogP contribution in [0, 0.1) is 13.8 Å². The lowest BCUT2D eigenvalue weighted by Crippen LogP contribution is -2.05. The van der Waals surface area contributed by atoms with Crippen LogP contribution in [0.1, 0.15) is 37.0 Å². The van der Waals surface area contributed by atoms with Crippen LogP contribution in [-0.4, -0.2) is 37.3 Å². The molecule has 5 aromatic rings. The molecular formula is C30H30ClN4O4P. The lowest BCUT2D eigenvalue weighted by atomic mass is 9.98. The van der Waals surface area contributed by atoms with Crippen LogP contribution in [0.15, 0.2) is 65.1 Å². The van der Waals surface area contributed by atoms with E-state index in [0.29, 0.717) is 23.2 Å². The van der Waals surface area contributed by atoms with Crippen molar-refractivity contribution in [1.82, 2.24) is 20.2 Å². The molecule has 2 N–H and O–H groups in total. The van der Waals surface area contributed by atoms with Gasteiger partial charge in [0.25, 0.3) is 0 Å². The Kier molecular flexibility index (Phi) is 8.06. The molecule has 8 nitrogen and oxygen atoms in total. The number of halogens is 1. The zero-order chi connectivity index (χ0) is 28.4. The van der Waals surface area contributed by atoms with E-state index >= 15 is 0 Å². The van der Waals surface area contributed by atoms with Crippen molar-refractivity contribution in [3.63, 3.8) is 0 Å². The molecule has 2 atom stereocenters. The molecule has 10 heteroatoms. The van der Waals surface area contributed by atoms with Gasteiger partial charge in [0.15, 0.2) is 0 Å². The monoisotopic (exact) mass is 576 g/mol. The minimum absolute atomic E-state index is 0.0374. The molecule has 0 aliphatic rings. The van der Waals surface area contributed by atoms with Crippen molar-refractivity contribution in [3.8, 4) is 34.3 Å². The van der Waals surface area contributed by atoms with Gasteiger partial charge in [-0.25, -0.2) is 4.98 Å². The highest BCUT2D eigenvalue weighted by Gasteiger charge is 2.20. The smallest absolute Gasteiger partial charge is 0.332 e. The van der Waals surface area contributed by atoms with E-state index in [4.69, 9.17) is 25.5 Å². The second kappa shape index (κ2) is 11.5. The third-order valence-corrected chi connectivity index (χ3v) is 8.22. The molecule has 0 aliphatic carbocycles. The van der Waals surface area contributed by atoms with Crippen LogP contribution in [0.5, 0.6) is 0 Å². The van der Waals surface area contributed by atoms with Gasteiger partial charge in [-0.05, 0) is 86.3 Å². The molecule has 2 heterocycles. The first-order chi connectivity index (χ1) is 19.1. The topological polar surface area (TPSA) is 114 Å². The van der Waals surface area contributed by atoms with E-state index < -0.39 is 7.60 Å². The summed E-state index contributed by atoms with van der Waals surface area (Å²) in [5, 5.41) is 9.04. The molecule has 206 valence electrons. The standard InChI is InChI=1S/C30H30ClN4O4P/c1-5-20(4)39-40(36,37)14-6-7-21-15-18(2)27(19(3)16-21)28-32-25-13-10-23(17-26(25)33-28)30-35-34-29(38-30)22-8-11-24(31)12-9-22/h6-13,15-17,20H,5,14H2,1-4H3,(H,32,33)(H,36,37). The number of allylic oxidation sites excluding steroid dienone is 1. The number of H-pyrrole nitrogens is 1. The molecular weight excluding hydrogens is 547 g/mol. The highest BCUT2D eigenvalue weighted by Crippen LogP contribution is 2.43. The molecule has 0 fully saturated rings. The highest BCUT2D eigenvalue weighted by atomic mass is 35.5. The van der Waals surface area contributed by atoms with E-state index in [9.17, 15) is 9.46 Å². The van der Waals surface area contributed by atoms with Crippen molar-refractivity contribution in [1.29, 1.82) is 0 Å². The molecule has 0 saturated carbocycles. The van der Waals surface area contributed by atoms with Gasteiger partial charge >= 0.3 is 7.60 Å². The first-order valence-corrected chi connectivity index (χ1v) is 15.1. The summed E-state index contributed by atoms with van der Waals surface area (Å²) in [4.78, 5) is 18.3. The summed E-state index contributed by atoms with van der Waals surface area (Å²) in [6, 6.07) is 17.1. The average molecular weight is 577 g/mol. The number of benzene rings is 3. The Balaban J connectivity index is 1.37. The number of aryl methyl sites for hydroxylation is 2. The Morgan fingerprint density at radius 2 is 1.70 bits per heavy atom. The Morgan fingerprint density at radius 3 is 2.38 bits per heavy atom. The average Bonchev–Trinajstić information content (AvgIpc) is 3.55. The molecule has 40 heavy (non-hydrogen) atoms. The van der Waals surface area contributed by atoms with E-state index in [0.717, 1.165) is 50.2 Å². The minimum atomic E-state index is -3.66. The molecule has 3 aromatic carbocycles. The first-order valence-electron chi connectivity index (χ1n) is 13.0. The summed E-state index contributed by atoms with van der Waals surface area (Å²) in [7, 11) is -3.66. The predicted octanol–water partition coefficient (Wildman–Crippen LogP) is 8.23. The number of rotatable bonds is 9. The van der Waals surface area contributed by atoms with E-state index in [1.807, 2.05) is 69.3 Å². The number of fused-ring (bicyclic) bond motifs is 1. The van der Waals surface area contributed by atoms with Crippen LogP contribution in [0.4, 0.5) is 0 Å². The number of hydrogen-bond acceptors (Lipinski definition) is 6. The van der Waals surface area contributed by atoms with Gasteiger partial charge in [0, 0.05) is 21.7 Å². The normalized spacial score (nSPS) is 14.2. The van der Waals surface area contributed by atoms with Gasteiger partial charge in [0.2, 0.25) is 11.8 Å². The fraction of sp³-hybridized carbons (Fsp3) is 0.233. The zero-order valence-electron chi connectivity index (χ0n) is 22.7. The predicted molar refractivity (Wildman–Crippen MR) is 159 cm³/mol. The summed E-state index contributed by atoms with van der Waals surface area (Å²) in [5.74, 6) is 1.59. The Morgan fingerprint density at radius 1 is 1.05 bits per heavy atom. The SMILES string of the molecule is CCC(C)OP(=O)(O)CC=Cc1cc(C)c(-c2nc3ccc(-c4nnc(-c5ccc(Cl)cc5)o4)cc3[nH]2)c(C)c1. The van der Waals surface area contributed by atoms with Crippen LogP contribution in [-0.2, 0) is 9.09 Å². The molecule has 0 spiro atoms. The van der Waals surface area contributed by atoms with Gasteiger partial charge in [0.05, 0.1) is 23.3 Å². The number of hydrogen-bond donors (Lipinski definition) is 2. The second-order valence-electron chi connectivity index (χ2n) is 9.81. The number of nitrogens with one attached hydrogen (secondary N) is 1. The molecule has 0 amide bonds. The number of imidazole rings is 1. The third kappa shape index (κ3) is 6.26. The van der Waals surface area contributed by atoms with Crippen LogP contribution < -0.4 is 0 Å². The first kappa shape index (κ1) is 28.0. The number of aromatic nitrogens is 4. The Labute approximate surface area is 237 Å². The van der Waals surface area contributed by atoms with Crippen LogP contribution in [0.25, 0.3) is 51.4 Å². The maximum absolute atomic E-state index is 12.3. The summed E-state index contributed by atoms with van der Waals surface area (Å²) < 4.78 is 23.5. The minimum Gasteiger partial charge on any atom is -0.416 e. The van der Waals surface area contributed by atoms with Crippen LogP contribution in [0.3, 0.4) is 0 Å². The summed E-state index contributed by atoms with van der Waals surface area (Å²) >= 11 is 5.98. The number of nitrogens with zero attached hydrogens (tertiary/aromatic N) is 3. The van der Waals surface area contributed by atoms with Crippen molar-refractivity contribution in [3.05, 3.63) is 82.4 Å². The van der Waals surface area contributed by atoms with Crippen molar-refractivity contribution in [2.45, 2.75) is 40.2 Å². The van der Waals surface area contributed by atoms with Gasteiger partial charge in [-0.2, -0.15) is 0 Å². The lowest BCUT2D eigenvalue weighted by Gasteiger charge is -2.15.